The zero-order valence-corrected chi connectivity index (χ0v) is 11.5. The van der Waals surface area contributed by atoms with E-state index in [2.05, 4.69) is 0 Å². The number of amides is 1. The van der Waals surface area contributed by atoms with Crippen molar-refractivity contribution in [3.63, 3.8) is 0 Å². The Kier molecular flexibility index (Phi) is 3.80. The number of carbonyl (C=O) groups is 1. The van der Waals surface area contributed by atoms with E-state index in [1.165, 1.54) is 4.90 Å². The standard InChI is InChI=1S/C11H12ClFN2O3S/c12-10-8(11(16)15-3-1-2-4-15)5-7(6-9(10)13)19(14,17)18/h5-6H,1-4H2,(H2,14,17,18). The zero-order chi connectivity index (χ0) is 14.2. The Morgan fingerprint density at radius 2 is 1.89 bits per heavy atom. The monoisotopic (exact) mass is 306 g/mol. The summed E-state index contributed by atoms with van der Waals surface area (Å²) in [4.78, 5) is 13.2. The third-order valence-corrected chi connectivity index (χ3v) is 4.23. The molecule has 19 heavy (non-hydrogen) atoms. The Balaban J connectivity index is 2.50. The van der Waals surface area contributed by atoms with E-state index in [0.29, 0.717) is 19.2 Å². The minimum absolute atomic E-state index is 0.174. The van der Waals surface area contributed by atoms with Crippen molar-refractivity contribution in [1.29, 1.82) is 0 Å². The van der Waals surface area contributed by atoms with Gasteiger partial charge in [0, 0.05) is 13.1 Å². The van der Waals surface area contributed by atoms with Crippen LogP contribution in [0.25, 0.3) is 0 Å². The molecule has 1 amide bonds. The summed E-state index contributed by atoms with van der Waals surface area (Å²) in [5.41, 5.74) is -0.174. The molecule has 1 saturated heterocycles. The SMILES string of the molecule is NS(=O)(=O)c1cc(F)c(Cl)c(C(=O)N2CCCC2)c1. The first kappa shape index (κ1) is 14.2. The van der Waals surface area contributed by atoms with Crippen molar-refractivity contribution in [2.24, 2.45) is 5.14 Å². The van der Waals surface area contributed by atoms with Crippen LogP contribution in [0, 0.1) is 5.82 Å². The summed E-state index contributed by atoms with van der Waals surface area (Å²) in [5, 5.41) is 4.55. The molecule has 1 aromatic rings. The average Bonchev–Trinajstić information content (AvgIpc) is 2.83. The first-order chi connectivity index (χ1) is 8.80. The van der Waals surface area contributed by atoms with Crippen LogP contribution >= 0.6 is 11.6 Å². The maximum Gasteiger partial charge on any atom is 0.255 e. The van der Waals surface area contributed by atoms with Crippen LogP contribution in [-0.4, -0.2) is 32.3 Å². The number of primary sulfonamides is 1. The van der Waals surface area contributed by atoms with Crippen LogP contribution in [0.2, 0.25) is 5.02 Å². The molecule has 0 unspecified atom stereocenters. The molecule has 1 fully saturated rings. The molecule has 0 aliphatic carbocycles. The van der Waals surface area contributed by atoms with E-state index < -0.39 is 26.6 Å². The van der Waals surface area contributed by atoms with Gasteiger partial charge in [0.25, 0.3) is 5.91 Å². The quantitative estimate of drug-likeness (QED) is 0.896. The van der Waals surface area contributed by atoms with Gasteiger partial charge in [-0.2, -0.15) is 0 Å². The van der Waals surface area contributed by atoms with Gasteiger partial charge in [0.15, 0.2) is 0 Å². The fourth-order valence-electron chi connectivity index (χ4n) is 1.97. The number of hydrogen-bond donors (Lipinski definition) is 1. The van der Waals surface area contributed by atoms with E-state index in [0.717, 1.165) is 18.9 Å². The predicted molar refractivity (Wildman–Crippen MR) is 67.9 cm³/mol. The van der Waals surface area contributed by atoms with Crippen LogP contribution in [0.4, 0.5) is 4.39 Å². The van der Waals surface area contributed by atoms with Gasteiger partial charge in [0.05, 0.1) is 15.5 Å². The van der Waals surface area contributed by atoms with Gasteiger partial charge >= 0.3 is 0 Å². The van der Waals surface area contributed by atoms with Crippen molar-refractivity contribution in [3.05, 3.63) is 28.5 Å². The van der Waals surface area contributed by atoms with Gasteiger partial charge in [-0.3, -0.25) is 4.79 Å². The molecule has 1 aliphatic rings. The van der Waals surface area contributed by atoms with Gasteiger partial charge in [-0.05, 0) is 25.0 Å². The molecule has 0 spiro atoms. The largest absolute Gasteiger partial charge is 0.339 e. The molecule has 1 aliphatic heterocycles. The highest BCUT2D eigenvalue weighted by atomic mass is 35.5. The van der Waals surface area contributed by atoms with Crippen molar-refractivity contribution in [1.82, 2.24) is 4.90 Å². The van der Waals surface area contributed by atoms with Gasteiger partial charge in [-0.15, -0.1) is 0 Å². The molecule has 1 heterocycles. The summed E-state index contributed by atoms with van der Waals surface area (Å²) in [6.45, 7) is 1.10. The summed E-state index contributed by atoms with van der Waals surface area (Å²) < 4.78 is 36.1. The molecule has 2 rings (SSSR count). The lowest BCUT2D eigenvalue weighted by atomic mass is 10.2. The maximum atomic E-state index is 13.6. The van der Waals surface area contributed by atoms with Crippen molar-refractivity contribution in [3.8, 4) is 0 Å². The number of nitrogens with two attached hydrogens (primary N) is 1. The second-order valence-corrected chi connectivity index (χ2v) is 6.25. The van der Waals surface area contributed by atoms with Gasteiger partial charge in [0.2, 0.25) is 10.0 Å². The Morgan fingerprint density at radius 3 is 2.42 bits per heavy atom. The predicted octanol–water partition coefficient (Wildman–Crippen LogP) is 1.36. The topological polar surface area (TPSA) is 80.5 Å². The van der Waals surface area contributed by atoms with Crippen molar-refractivity contribution in [2.75, 3.05) is 13.1 Å². The number of hydrogen-bond acceptors (Lipinski definition) is 3. The molecule has 0 saturated carbocycles. The van der Waals surface area contributed by atoms with Crippen LogP contribution < -0.4 is 5.14 Å². The van der Waals surface area contributed by atoms with Crippen LogP contribution in [0.5, 0.6) is 0 Å². The highest BCUT2D eigenvalue weighted by Crippen LogP contribution is 2.26. The number of nitrogens with zero attached hydrogens (tertiary/aromatic N) is 1. The van der Waals surface area contributed by atoms with Crippen molar-refractivity contribution < 1.29 is 17.6 Å². The lowest BCUT2D eigenvalue weighted by Crippen LogP contribution is -2.28. The number of carbonyl (C=O) groups excluding carboxylic acids is 1. The number of halogens is 2. The van der Waals surface area contributed by atoms with E-state index in [1.54, 1.807) is 0 Å². The molecule has 0 atom stereocenters. The molecule has 0 aromatic heterocycles. The number of benzene rings is 1. The number of sulfonamides is 1. The lowest BCUT2D eigenvalue weighted by molar-refractivity contribution is 0.0792. The zero-order valence-electron chi connectivity index (χ0n) is 9.90. The molecule has 2 N–H and O–H groups in total. The van der Waals surface area contributed by atoms with E-state index in [1.807, 2.05) is 0 Å². The Labute approximate surface area is 115 Å². The Bertz CT molecular complexity index is 627. The summed E-state index contributed by atoms with van der Waals surface area (Å²) in [6.07, 6.45) is 1.72. The first-order valence-corrected chi connectivity index (χ1v) is 7.54. The molecule has 104 valence electrons. The number of rotatable bonds is 2. The third kappa shape index (κ3) is 2.88. The molecule has 5 nitrogen and oxygen atoms in total. The van der Waals surface area contributed by atoms with Gasteiger partial charge in [-0.25, -0.2) is 17.9 Å². The fourth-order valence-corrected chi connectivity index (χ4v) is 2.71. The van der Waals surface area contributed by atoms with Gasteiger partial charge in [0.1, 0.15) is 5.82 Å². The van der Waals surface area contributed by atoms with E-state index in [9.17, 15) is 17.6 Å². The van der Waals surface area contributed by atoms with Gasteiger partial charge < -0.3 is 4.90 Å². The van der Waals surface area contributed by atoms with Crippen molar-refractivity contribution in [2.45, 2.75) is 17.7 Å². The van der Waals surface area contributed by atoms with Gasteiger partial charge in [-0.1, -0.05) is 11.6 Å². The summed E-state index contributed by atoms with van der Waals surface area (Å²) in [5.74, 6) is -1.46. The molecular formula is C11H12ClFN2O3S. The maximum absolute atomic E-state index is 13.6. The van der Waals surface area contributed by atoms with Crippen LogP contribution in [0.1, 0.15) is 23.2 Å². The summed E-state index contributed by atoms with van der Waals surface area (Å²) in [7, 11) is -4.09. The minimum atomic E-state index is -4.09. The molecular weight excluding hydrogens is 295 g/mol. The van der Waals surface area contributed by atoms with E-state index >= 15 is 0 Å². The molecule has 1 aromatic carbocycles. The van der Waals surface area contributed by atoms with Crippen LogP contribution in [0.15, 0.2) is 17.0 Å². The van der Waals surface area contributed by atoms with Crippen molar-refractivity contribution >= 4 is 27.5 Å². The van der Waals surface area contributed by atoms with E-state index in [-0.39, 0.29) is 10.6 Å². The molecule has 0 radical (unpaired) electrons. The summed E-state index contributed by atoms with van der Waals surface area (Å²) in [6, 6.07) is 1.72. The lowest BCUT2D eigenvalue weighted by Gasteiger charge is -2.16. The normalized spacial score (nSPS) is 15.8. The highest BCUT2D eigenvalue weighted by Gasteiger charge is 2.25. The molecule has 0 bridgehead atoms. The van der Waals surface area contributed by atoms with E-state index in [4.69, 9.17) is 16.7 Å². The third-order valence-electron chi connectivity index (χ3n) is 2.95. The average molecular weight is 307 g/mol. The second-order valence-electron chi connectivity index (χ2n) is 4.31. The van der Waals surface area contributed by atoms with Crippen LogP contribution in [0.3, 0.4) is 0 Å². The number of likely N-dealkylation sites (tertiary alicyclic amines) is 1. The second kappa shape index (κ2) is 5.07. The minimum Gasteiger partial charge on any atom is -0.339 e. The first-order valence-electron chi connectivity index (χ1n) is 5.62. The molecule has 8 heteroatoms. The van der Waals surface area contributed by atoms with Crippen LogP contribution in [-0.2, 0) is 10.0 Å². The fraction of sp³-hybridized carbons (Fsp3) is 0.364. The smallest absolute Gasteiger partial charge is 0.255 e. The highest BCUT2D eigenvalue weighted by molar-refractivity contribution is 7.89. The Morgan fingerprint density at radius 1 is 1.32 bits per heavy atom. The summed E-state index contributed by atoms with van der Waals surface area (Å²) >= 11 is 5.73. The Hall–Kier alpha value is -1.18.